The van der Waals surface area contributed by atoms with Gasteiger partial charge >= 0.3 is 0 Å². The van der Waals surface area contributed by atoms with Crippen LogP contribution in [-0.2, 0) is 6.42 Å². The Kier molecular flexibility index (Phi) is 21.9. The summed E-state index contributed by atoms with van der Waals surface area (Å²) < 4.78 is 14.6. The van der Waals surface area contributed by atoms with Crippen LogP contribution in [0.25, 0.3) is 198 Å². The van der Waals surface area contributed by atoms with Crippen molar-refractivity contribution in [2.24, 2.45) is 0 Å². The highest BCUT2D eigenvalue weighted by atomic mass is 28.3. The van der Waals surface area contributed by atoms with Crippen LogP contribution in [0.2, 0.25) is 44.8 Å². The molecule has 6 heterocycles. The van der Waals surface area contributed by atoms with Crippen LogP contribution in [-0.4, -0.2) is 51.6 Å². The van der Waals surface area contributed by atoms with E-state index in [1.54, 1.807) is 0 Å². The molecule has 0 aliphatic heterocycles. The van der Waals surface area contributed by atoms with Gasteiger partial charge in [-0.3, -0.25) is 0 Å². The number of hydrogen-bond acceptors (Lipinski definition) is 0. The quantitative estimate of drug-likeness (QED) is 0.0814. The first-order chi connectivity index (χ1) is 68.7. The van der Waals surface area contributed by atoms with Gasteiger partial charge in [0.05, 0.1) is 74.3 Å². The van der Waals surface area contributed by atoms with Gasteiger partial charge in [0.1, 0.15) is 16.1 Å². The molecule has 0 atom stereocenters. The van der Waals surface area contributed by atoms with Crippen molar-refractivity contribution in [1.29, 1.82) is 0 Å². The van der Waals surface area contributed by atoms with Crippen molar-refractivity contribution in [2.75, 3.05) is 0 Å². The Morgan fingerprint density at radius 1 is 0.164 bits per heavy atom. The van der Waals surface area contributed by atoms with Gasteiger partial charge in [-0.05, 0) is 179 Å². The molecule has 6 aromatic heterocycles. The molecule has 0 fully saturated rings. The first-order valence-electron chi connectivity index (χ1n) is 49.5. The van der Waals surface area contributed by atoms with Crippen LogP contribution >= 0.6 is 0 Å². The molecule has 0 N–H and O–H groups in total. The number of aryl methyl sites for hydroxylation is 1. The SMILES string of the molecule is CC[Si](C)(C)c1cc(-n2c3ccccc3c3ccccc32)cc(-n2c3ccccc3c3ccccc32)c1.CC[Si](C)(c1ccc(-n2c3ccccc3c3ccccc32)cc1)c1ccc(-n2c3ccccc3c3ccccc32)cc1.CCc1ccc(-c2ccc([Si](C)(C)c3ccc(-c4ccc(-c5cc(-n6c7ccccc7c7ccccc76)cc(-n6c7ccccc7c7ccccc76)c5)cc4)cc3)cc2)cc1. The molecule has 20 aromatic carbocycles. The molecule has 0 amide bonds. The minimum atomic E-state index is -1.92. The van der Waals surface area contributed by atoms with Crippen LogP contribution < -0.4 is 25.9 Å². The van der Waals surface area contributed by atoms with E-state index < -0.39 is 24.2 Å². The number of benzene rings is 20. The number of fused-ring (bicyclic) bond motifs is 18. The summed E-state index contributed by atoms with van der Waals surface area (Å²) in [6.45, 7) is 19.3. The Hall–Kier alpha value is -16.1. The highest BCUT2D eigenvalue weighted by Crippen LogP contribution is 2.43. The van der Waals surface area contributed by atoms with Crippen LogP contribution in [0, 0.1) is 0 Å². The molecular formula is C131H108N6Si3. The second-order valence-corrected chi connectivity index (χ2v) is 53.1. The Bertz CT molecular complexity index is 8500. The summed E-state index contributed by atoms with van der Waals surface area (Å²) in [6.07, 6.45) is 1.06. The molecule has 0 bridgehead atoms. The van der Waals surface area contributed by atoms with E-state index in [-0.39, 0.29) is 0 Å². The maximum Gasteiger partial charge on any atom is 0.114 e. The Morgan fingerprint density at radius 2 is 0.357 bits per heavy atom. The minimum absolute atomic E-state index is 1.06. The molecule has 0 saturated heterocycles. The summed E-state index contributed by atoms with van der Waals surface area (Å²) in [6, 6.07) is 178. The Balaban J connectivity index is 0.000000118. The van der Waals surface area contributed by atoms with Gasteiger partial charge in [-0.2, -0.15) is 0 Å². The molecule has 9 heteroatoms. The lowest BCUT2D eigenvalue weighted by molar-refractivity contribution is 1.13. The molecule has 26 aromatic rings. The third-order valence-electron chi connectivity index (χ3n) is 30.7. The van der Waals surface area contributed by atoms with Crippen molar-refractivity contribution in [1.82, 2.24) is 27.4 Å². The molecule has 0 radical (unpaired) electrons. The lowest BCUT2D eigenvalue weighted by Gasteiger charge is -2.28. The van der Waals surface area contributed by atoms with E-state index in [2.05, 4.69) is 554 Å². The third-order valence-corrected chi connectivity index (χ3v) is 42.5. The first-order valence-corrected chi connectivity index (χ1v) is 58.4. The monoisotopic (exact) mass is 1850 g/mol. The zero-order valence-electron chi connectivity index (χ0n) is 80.3. The minimum Gasteiger partial charge on any atom is -0.309 e. The van der Waals surface area contributed by atoms with Gasteiger partial charge in [0.25, 0.3) is 0 Å². The van der Waals surface area contributed by atoms with E-state index in [0.717, 1.165) is 23.8 Å². The van der Waals surface area contributed by atoms with E-state index in [4.69, 9.17) is 0 Å². The van der Waals surface area contributed by atoms with E-state index in [9.17, 15) is 0 Å². The average Bonchev–Trinajstić information content (AvgIpc) is 1.58. The number of aromatic nitrogens is 6. The van der Waals surface area contributed by atoms with Crippen molar-refractivity contribution in [3.8, 4) is 67.5 Å². The first kappa shape index (κ1) is 86.7. The highest BCUT2D eigenvalue weighted by molar-refractivity contribution is 7.01. The predicted octanol–water partition coefficient (Wildman–Crippen LogP) is 32.2. The molecule has 674 valence electrons. The molecule has 140 heavy (non-hydrogen) atoms. The summed E-state index contributed by atoms with van der Waals surface area (Å²) in [5.74, 6) is 0. The fraction of sp³-hybridized carbons (Fsp3) is 0.0840. The van der Waals surface area contributed by atoms with Gasteiger partial charge in [0.2, 0.25) is 0 Å². The van der Waals surface area contributed by atoms with Crippen molar-refractivity contribution >= 4 is 181 Å². The van der Waals surface area contributed by atoms with Crippen LogP contribution in [0.4, 0.5) is 0 Å². The zero-order chi connectivity index (χ0) is 94.5. The number of para-hydroxylation sites is 12. The zero-order valence-corrected chi connectivity index (χ0v) is 83.3. The van der Waals surface area contributed by atoms with Crippen molar-refractivity contribution in [2.45, 2.75) is 72.0 Å². The molecule has 0 unspecified atom stereocenters. The topological polar surface area (TPSA) is 29.6 Å². The normalized spacial score (nSPS) is 12.1. The second-order valence-electron chi connectivity index (χ2n) is 39.1. The summed E-state index contributed by atoms with van der Waals surface area (Å²) in [7, 11) is -5.46. The third kappa shape index (κ3) is 14.9. The molecule has 0 saturated carbocycles. The largest absolute Gasteiger partial charge is 0.309 e. The van der Waals surface area contributed by atoms with Gasteiger partial charge < -0.3 is 27.4 Å². The average molecular weight is 1850 g/mol. The fourth-order valence-corrected chi connectivity index (χ4v) is 29.1. The summed E-state index contributed by atoms with van der Waals surface area (Å²) in [5, 5.41) is 22.8. The van der Waals surface area contributed by atoms with Gasteiger partial charge in [0.15, 0.2) is 0 Å². The van der Waals surface area contributed by atoms with Crippen LogP contribution in [0.5, 0.6) is 0 Å². The standard InChI is InChI=1S/C58H46N2Si.C39H32N2Si.C34H30N2Si/c1-4-40-21-23-41(24-22-40)43-29-33-49(34-30-43)61(2,3)50-35-31-44(32-36-50)42-25-27-45(28-26-42)46-37-47(59-55-17-9-5-13-51(55)52-14-6-10-18-56(52)59)39-48(38-46)60-57-19-11-7-15-53(57)54-16-8-12-20-58(54)60;1-3-42(2,30-24-20-28(21-25-30)40-36-16-8-4-12-32(36)33-13-5-9-17-37(33)40)31-26-22-29(23-27-31)41-38-18-10-6-14-34(38)35-15-7-11-19-39(35)41;1-4-37(2,3)26-22-24(35-31-17-9-5-13-27(31)28-14-6-10-18-32(28)35)21-25(23-26)36-33-19-11-7-15-29(33)30-16-8-12-20-34(30)36/h5-39H,4H2,1-3H3;4-27H,3H2,1-2H3;5-23H,4H2,1-3H3. The molecular weight excluding hydrogens is 1740 g/mol. The van der Waals surface area contributed by atoms with E-state index in [1.807, 2.05) is 0 Å². The number of rotatable bonds is 17. The van der Waals surface area contributed by atoms with Crippen molar-refractivity contribution in [3.63, 3.8) is 0 Å². The summed E-state index contributed by atoms with van der Waals surface area (Å²) >= 11 is 0. The second kappa shape index (κ2) is 35.4. The maximum atomic E-state index is 2.51. The van der Waals surface area contributed by atoms with Gasteiger partial charge in [-0.15, -0.1) is 0 Å². The van der Waals surface area contributed by atoms with Crippen LogP contribution in [0.15, 0.2) is 473 Å². The molecule has 26 rings (SSSR count). The Morgan fingerprint density at radius 3 is 0.579 bits per heavy atom. The summed E-state index contributed by atoms with van der Waals surface area (Å²) in [5.41, 5.74) is 30.7. The number of hydrogen-bond donors (Lipinski definition) is 0. The maximum absolute atomic E-state index is 2.51. The molecule has 6 nitrogen and oxygen atoms in total. The van der Waals surface area contributed by atoms with Gasteiger partial charge in [-0.1, -0.05) is 431 Å². The van der Waals surface area contributed by atoms with Crippen molar-refractivity contribution < 1.29 is 0 Å². The van der Waals surface area contributed by atoms with Gasteiger partial charge in [0, 0.05) is 98.8 Å². The van der Waals surface area contributed by atoms with E-state index in [1.165, 1.54) is 225 Å². The summed E-state index contributed by atoms with van der Waals surface area (Å²) in [4.78, 5) is 0. The van der Waals surface area contributed by atoms with E-state index >= 15 is 0 Å². The molecule has 0 aliphatic rings. The smallest absolute Gasteiger partial charge is 0.114 e. The van der Waals surface area contributed by atoms with E-state index in [0.29, 0.717) is 0 Å². The highest BCUT2D eigenvalue weighted by Gasteiger charge is 2.32. The lowest BCUT2D eigenvalue weighted by atomic mass is 9.99. The van der Waals surface area contributed by atoms with Crippen molar-refractivity contribution in [3.05, 3.63) is 479 Å². The van der Waals surface area contributed by atoms with Gasteiger partial charge in [-0.25, -0.2) is 0 Å². The molecule has 0 spiro atoms. The fourth-order valence-electron chi connectivity index (χ4n) is 22.3. The Labute approximate surface area is 820 Å². The molecule has 0 aliphatic carbocycles. The lowest BCUT2D eigenvalue weighted by Crippen LogP contribution is -2.55. The predicted molar refractivity (Wildman–Crippen MR) is 610 cm³/mol. The van der Waals surface area contributed by atoms with Crippen LogP contribution in [0.1, 0.15) is 26.3 Å². The van der Waals surface area contributed by atoms with Crippen LogP contribution in [0.3, 0.4) is 0 Å². The number of nitrogens with zero attached hydrogens (tertiary/aromatic N) is 6.